The molecule has 15 nitrogen and oxygen atoms in total. The number of phenolic OH excluding ortho intramolecular Hbond substituents is 1. The normalized spacial score (nSPS) is 21.5. The zero-order valence-corrected chi connectivity index (χ0v) is 29.2. The number of carbonyl (C=O) groups is 3. The van der Waals surface area contributed by atoms with Gasteiger partial charge in [-0.2, -0.15) is 0 Å². The number of hydrogen-bond acceptors (Lipinski definition) is 13. The maximum absolute atomic E-state index is 13.0. The summed E-state index contributed by atoms with van der Waals surface area (Å²) in [6.07, 6.45) is -3.24. The third-order valence-corrected chi connectivity index (χ3v) is 7.63. The summed E-state index contributed by atoms with van der Waals surface area (Å²) in [4.78, 5) is 38.6. The highest BCUT2D eigenvalue weighted by atomic mass is 16.7. The number of benzene rings is 2. The molecule has 6 N–H and O–H groups in total. The maximum Gasteiger partial charge on any atom is 0.408 e. The highest BCUT2D eigenvalue weighted by molar-refractivity contribution is 5.79. The minimum atomic E-state index is -2.27. The number of aromatic hydroxyl groups is 1. The fraction of sp³-hybridized carbons (Fsp3) is 0.528. The molecular weight excluding hydrogens is 668 g/mol. The van der Waals surface area contributed by atoms with Gasteiger partial charge in [0.25, 0.3) is 5.79 Å². The maximum atomic E-state index is 13.0. The lowest BCUT2D eigenvalue weighted by Gasteiger charge is -2.47. The standard InChI is InChI=1S/C36H48N2O13/c1-6-15-47-16-17-48-18-19-49-36(33(44)46-5)21-27(40)30(38-34(45)51-35(2,3)4)32(50-36)31(43)28(41)22-37-29(42)20-23-7-9-24(10-8-23)25-11-13-26(39)14-12-25/h1,7-14,27-28,30-32,39-41,43H,15-22H2,2-5H3,(H,37,42)(H,38,45)/t27-,28+,30+,31+,32+,36+/m0/s1. The van der Waals surface area contributed by atoms with Gasteiger partial charge >= 0.3 is 12.1 Å². The van der Waals surface area contributed by atoms with Crippen LogP contribution in [-0.4, -0.2) is 127 Å². The van der Waals surface area contributed by atoms with Crippen LogP contribution in [0.15, 0.2) is 48.5 Å². The van der Waals surface area contributed by atoms with Crippen molar-refractivity contribution in [1.82, 2.24) is 10.6 Å². The molecule has 3 rings (SSSR count). The molecule has 2 amide bonds. The van der Waals surface area contributed by atoms with Crippen LogP contribution < -0.4 is 10.6 Å². The molecule has 0 spiro atoms. The number of phenols is 1. The van der Waals surface area contributed by atoms with Crippen molar-refractivity contribution in [2.24, 2.45) is 0 Å². The van der Waals surface area contributed by atoms with Crippen LogP contribution in [0.3, 0.4) is 0 Å². The van der Waals surface area contributed by atoms with Crippen LogP contribution in [0, 0.1) is 12.3 Å². The third kappa shape index (κ3) is 12.8. The van der Waals surface area contributed by atoms with E-state index in [-0.39, 0.29) is 45.2 Å². The first-order chi connectivity index (χ1) is 24.2. The molecule has 1 aliphatic heterocycles. The zero-order valence-electron chi connectivity index (χ0n) is 29.2. The van der Waals surface area contributed by atoms with Gasteiger partial charge in [0.15, 0.2) is 0 Å². The van der Waals surface area contributed by atoms with Gasteiger partial charge in [-0.3, -0.25) is 4.79 Å². The fourth-order valence-electron chi connectivity index (χ4n) is 5.20. The zero-order chi connectivity index (χ0) is 37.6. The monoisotopic (exact) mass is 716 g/mol. The van der Waals surface area contributed by atoms with Gasteiger partial charge in [-0.1, -0.05) is 42.3 Å². The first kappa shape index (κ1) is 41.2. The number of ether oxygens (including phenoxy) is 6. The molecule has 0 bridgehead atoms. The number of nitrogens with one attached hydrogen (secondary N) is 2. The Labute approximate surface area is 297 Å². The molecular formula is C36H48N2O13. The molecule has 0 unspecified atom stereocenters. The summed E-state index contributed by atoms with van der Waals surface area (Å²) in [6, 6.07) is 12.5. The number of aliphatic hydroxyl groups excluding tert-OH is 3. The molecule has 51 heavy (non-hydrogen) atoms. The summed E-state index contributed by atoms with van der Waals surface area (Å²) in [6.45, 7) is 4.68. The van der Waals surface area contributed by atoms with E-state index in [1.165, 1.54) is 0 Å². The number of aliphatic hydroxyl groups is 3. The van der Waals surface area contributed by atoms with Crippen molar-refractivity contribution < 1.29 is 63.2 Å². The Bertz CT molecular complexity index is 1460. The molecule has 0 radical (unpaired) electrons. The number of alkyl carbamates (subject to hydrolysis) is 1. The predicted octanol–water partition coefficient (Wildman–Crippen LogP) is 1.04. The lowest BCUT2D eigenvalue weighted by atomic mass is 9.88. The van der Waals surface area contributed by atoms with Crippen molar-refractivity contribution in [3.8, 4) is 29.2 Å². The molecule has 1 aliphatic rings. The van der Waals surface area contributed by atoms with Gasteiger partial charge < -0.3 is 59.5 Å². The summed E-state index contributed by atoms with van der Waals surface area (Å²) < 4.78 is 32.5. The minimum Gasteiger partial charge on any atom is -0.508 e. The van der Waals surface area contributed by atoms with Crippen LogP contribution in [-0.2, 0) is 44.4 Å². The second kappa shape index (κ2) is 19.4. The number of rotatable bonds is 17. The van der Waals surface area contributed by atoms with Crippen LogP contribution in [0.4, 0.5) is 4.79 Å². The van der Waals surface area contributed by atoms with Crippen molar-refractivity contribution in [2.75, 3.05) is 46.7 Å². The molecule has 15 heteroatoms. The number of hydrogen-bond donors (Lipinski definition) is 6. The Morgan fingerprint density at radius 2 is 1.61 bits per heavy atom. The van der Waals surface area contributed by atoms with Gasteiger partial charge in [0, 0.05) is 13.0 Å². The quantitative estimate of drug-likeness (QED) is 0.0769. The summed E-state index contributed by atoms with van der Waals surface area (Å²) in [5.74, 6) is -1.32. The highest BCUT2D eigenvalue weighted by Gasteiger charge is 2.56. The Morgan fingerprint density at radius 1 is 1.00 bits per heavy atom. The smallest absolute Gasteiger partial charge is 0.408 e. The summed E-state index contributed by atoms with van der Waals surface area (Å²) >= 11 is 0. The summed E-state index contributed by atoms with van der Waals surface area (Å²) in [5, 5.41) is 48.1. The molecule has 0 aliphatic carbocycles. The van der Waals surface area contributed by atoms with Crippen molar-refractivity contribution in [3.05, 3.63) is 54.1 Å². The molecule has 0 aromatic heterocycles. The number of terminal acetylenes is 1. The molecule has 2 aromatic carbocycles. The average molecular weight is 717 g/mol. The van der Waals surface area contributed by atoms with E-state index in [0.717, 1.165) is 18.2 Å². The van der Waals surface area contributed by atoms with E-state index in [1.54, 1.807) is 57.2 Å². The largest absolute Gasteiger partial charge is 0.508 e. The van der Waals surface area contributed by atoms with Crippen molar-refractivity contribution in [2.45, 2.75) is 75.5 Å². The molecule has 1 heterocycles. The first-order valence-corrected chi connectivity index (χ1v) is 16.4. The molecule has 1 fully saturated rings. The Hall–Kier alpha value is -4.27. The molecule has 280 valence electrons. The third-order valence-electron chi connectivity index (χ3n) is 7.63. The lowest BCUT2D eigenvalue weighted by molar-refractivity contribution is -0.313. The van der Waals surface area contributed by atoms with Crippen molar-refractivity contribution in [1.29, 1.82) is 0 Å². The predicted molar refractivity (Wildman–Crippen MR) is 182 cm³/mol. The first-order valence-electron chi connectivity index (χ1n) is 16.4. The molecule has 6 atom stereocenters. The van der Waals surface area contributed by atoms with Crippen LogP contribution in [0.25, 0.3) is 11.1 Å². The average Bonchev–Trinajstić information content (AvgIpc) is 3.08. The fourth-order valence-corrected chi connectivity index (χ4v) is 5.20. The molecule has 1 saturated heterocycles. The molecule has 2 aromatic rings. The number of amides is 2. The van der Waals surface area contributed by atoms with Gasteiger partial charge in [0.2, 0.25) is 5.91 Å². The second-order valence-electron chi connectivity index (χ2n) is 12.8. The van der Waals surface area contributed by atoms with Crippen LogP contribution in [0.1, 0.15) is 32.8 Å². The van der Waals surface area contributed by atoms with E-state index >= 15 is 0 Å². The Kier molecular flexibility index (Phi) is 15.6. The number of esters is 1. The van der Waals surface area contributed by atoms with E-state index in [1.807, 2.05) is 12.1 Å². The SMILES string of the molecule is C#CCOCCOCCO[C@]1(C(=O)OC)C[C@H](O)[C@@H](NC(=O)OC(C)(C)C)[C@H]([C@H](O)[C@H](O)CNC(=O)Cc2ccc(-c3ccc(O)cc3)cc2)O1. The summed E-state index contributed by atoms with van der Waals surface area (Å²) in [7, 11) is 1.07. The summed E-state index contributed by atoms with van der Waals surface area (Å²) in [5.41, 5.74) is 1.52. The number of carbonyl (C=O) groups excluding carboxylic acids is 3. The van der Waals surface area contributed by atoms with E-state index in [9.17, 15) is 34.8 Å². The van der Waals surface area contributed by atoms with Crippen LogP contribution in [0.2, 0.25) is 0 Å². The van der Waals surface area contributed by atoms with Gasteiger partial charge in [-0.05, 0) is 49.6 Å². The van der Waals surface area contributed by atoms with E-state index in [2.05, 4.69) is 16.6 Å². The van der Waals surface area contributed by atoms with Gasteiger partial charge in [-0.15, -0.1) is 6.42 Å². The second-order valence-corrected chi connectivity index (χ2v) is 12.8. The van der Waals surface area contributed by atoms with Crippen LogP contribution in [0.5, 0.6) is 5.75 Å². The van der Waals surface area contributed by atoms with E-state index in [0.29, 0.717) is 5.56 Å². The van der Waals surface area contributed by atoms with Crippen LogP contribution >= 0.6 is 0 Å². The minimum absolute atomic E-state index is 0.0292. The van der Waals surface area contributed by atoms with Gasteiger partial charge in [0.1, 0.15) is 30.2 Å². The lowest BCUT2D eigenvalue weighted by Crippen LogP contribution is -2.68. The Balaban J connectivity index is 1.70. The van der Waals surface area contributed by atoms with E-state index < -0.39 is 72.8 Å². The number of methoxy groups -OCH3 is 1. The molecule has 0 saturated carbocycles. The van der Waals surface area contributed by atoms with E-state index in [4.69, 9.17) is 34.8 Å². The Morgan fingerprint density at radius 3 is 2.22 bits per heavy atom. The highest BCUT2D eigenvalue weighted by Crippen LogP contribution is 2.34. The van der Waals surface area contributed by atoms with Gasteiger partial charge in [0.05, 0.1) is 58.2 Å². The van der Waals surface area contributed by atoms with Crippen molar-refractivity contribution in [3.63, 3.8) is 0 Å². The van der Waals surface area contributed by atoms with Crippen molar-refractivity contribution >= 4 is 18.0 Å². The topological polar surface area (TPSA) is 212 Å². The van der Waals surface area contributed by atoms with Gasteiger partial charge in [-0.25, -0.2) is 9.59 Å².